The van der Waals surface area contributed by atoms with Crippen LogP contribution >= 0.6 is 0 Å². The zero-order chi connectivity index (χ0) is 21.5. The first kappa shape index (κ1) is 20.5. The second-order valence-electron chi connectivity index (χ2n) is 9.51. The Kier molecular flexibility index (Phi) is 5.14. The van der Waals surface area contributed by atoms with Crippen molar-refractivity contribution < 1.29 is 9.59 Å². The number of carbonyl (C=O) groups excluding carboxylic acids is 2. The van der Waals surface area contributed by atoms with Crippen molar-refractivity contribution in [2.45, 2.75) is 57.5 Å². The Hall–Kier alpha value is -2.73. The van der Waals surface area contributed by atoms with Crippen LogP contribution in [0.1, 0.15) is 63.3 Å². The van der Waals surface area contributed by atoms with E-state index in [9.17, 15) is 9.59 Å². The Morgan fingerprint density at radius 2 is 1.90 bits per heavy atom. The molecule has 30 heavy (non-hydrogen) atoms. The fraction of sp³-hybridized carbons (Fsp3) is 0.458. The van der Waals surface area contributed by atoms with E-state index in [-0.39, 0.29) is 23.4 Å². The summed E-state index contributed by atoms with van der Waals surface area (Å²) in [4.78, 5) is 33.9. The highest BCUT2D eigenvalue weighted by molar-refractivity contribution is 6.07. The van der Waals surface area contributed by atoms with Crippen molar-refractivity contribution in [1.29, 1.82) is 0 Å². The topological polar surface area (TPSA) is 65.5 Å². The lowest BCUT2D eigenvalue weighted by Gasteiger charge is -2.29. The summed E-state index contributed by atoms with van der Waals surface area (Å²) in [6.07, 6.45) is 5.67. The van der Waals surface area contributed by atoms with Gasteiger partial charge in [0, 0.05) is 25.0 Å². The SMILES string of the molecule is CC(C)(C)c1ccc(C2(C)NC(=O)N(CN3CCCC3c3cccnc3)C2=O)cc1. The Morgan fingerprint density at radius 1 is 1.17 bits per heavy atom. The highest BCUT2D eigenvalue weighted by Gasteiger charge is 2.50. The van der Waals surface area contributed by atoms with Crippen molar-refractivity contribution in [3.8, 4) is 0 Å². The van der Waals surface area contributed by atoms with Gasteiger partial charge >= 0.3 is 6.03 Å². The highest BCUT2D eigenvalue weighted by Crippen LogP contribution is 2.35. The lowest BCUT2D eigenvalue weighted by Crippen LogP contribution is -2.43. The molecule has 4 rings (SSSR count). The van der Waals surface area contributed by atoms with Crippen LogP contribution in [0.3, 0.4) is 0 Å². The van der Waals surface area contributed by atoms with Crippen molar-refractivity contribution in [1.82, 2.24) is 20.1 Å². The summed E-state index contributed by atoms with van der Waals surface area (Å²) >= 11 is 0. The van der Waals surface area contributed by atoms with Gasteiger partial charge in [-0.05, 0) is 47.9 Å². The van der Waals surface area contributed by atoms with Crippen molar-refractivity contribution in [2.24, 2.45) is 0 Å². The second kappa shape index (κ2) is 7.51. The van der Waals surface area contributed by atoms with Gasteiger partial charge in [-0.1, -0.05) is 51.1 Å². The minimum atomic E-state index is -1.04. The van der Waals surface area contributed by atoms with Crippen molar-refractivity contribution in [2.75, 3.05) is 13.2 Å². The van der Waals surface area contributed by atoms with Gasteiger partial charge in [0.2, 0.25) is 0 Å². The van der Waals surface area contributed by atoms with Crippen molar-refractivity contribution in [3.63, 3.8) is 0 Å². The number of hydrogen-bond acceptors (Lipinski definition) is 4. The van der Waals surface area contributed by atoms with Crippen LogP contribution in [0.4, 0.5) is 4.79 Å². The molecule has 2 fully saturated rings. The summed E-state index contributed by atoms with van der Waals surface area (Å²) < 4.78 is 0. The van der Waals surface area contributed by atoms with Gasteiger partial charge in [-0.15, -0.1) is 0 Å². The number of aromatic nitrogens is 1. The van der Waals surface area contributed by atoms with Gasteiger partial charge < -0.3 is 5.32 Å². The van der Waals surface area contributed by atoms with E-state index in [2.05, 4.69) is 42.0 Å². The maximum absolute atomic E-state index is 13.4. The maximum Gasteiger partial charge on any atom is 0.326 e. The van der Waals surface area contributed by atoms with Gasteiger partial charge in [-0.2, -0.15) is 0 Å². The van der Waals surface area contributed by atoms with Crippen LogP contribution in [0.25, 0.3) is 0 Å². The number of amides is 3. The number of benzene rings is 1. The molecule has 2 saturated heterocycles. The molecular weight excluding hydrogens is 376 g/mol. The number of likely N-dealkylation sites (tertiary alicyclic amines) is 1. The minimum absolute atomic E-state index is 0.0332. The Bertz CT molecular complexity index is 936. The standard InChI is InChI=1S/C24H30N4O2/c1-23(2,3)18-9-11-19(12-10-18)24(4)21(29)28(22(30)26-24)16-27-14-6-8-20(27)17-7-5-13-25-15-17/h5,7,9-13,15,20H,6,8,14,16H2,1-4H3,(H,26,30). The molecule has 1 aromatic carbocycles. The third kappa shape index (κ3) is 3.60. The molecule has 1 aromatic heterocycles. The van der Waals surface area contributed by atoms with E-state index in [0.29, 0.717) is 6.67 Å². The first-order valence-corrected chi connectivity index (χ1v) is 10.6. The molecule has 2 aliphatic rings. The number of nitrogens with one attached hydrogen (secondary N) is 1. The minimum Gasteiger partial charge on any atom is -0.319 e. The smallest absolute Gasteiger partial charge is 0.319 e. The van der Waals surface area contributed by atoms with Crippen LogP contribution in [0.2, 0.25) is 0 Å². The molecule has 3 amide bonds. The lowest BCUT2D eigenvalue weighted by molar-refractivity contribution is -0.132. The predicted molar refractivity (Wildman–Crippen MR) is 116 cm³/mol. The number of carbonyl (C=O) groups is 2. The van der Waals surface area contributed by atoms with Crippen LogP contribution in [0, 0.1) is 0 Å². The van der Waals surface area contributed by atoms with E-state index in [4.69, 9.17) is 0 Å². The zero-order valence-corrected chi connectivity index (χ0v) is 18.2. The van der Waals surface area contributed by atoms with Crippen LogP contribution in [0.15, 0.2) is 48.8 Å². The summed E-state index contributed by atoms with van der Waals surface area (Å²) in [5.41, 5.74) is 2.12. The molecular formula is C24H30N4O2. The third-order valence-corrected chi connectivity index (χ3v) is 6.36. The number of rotatable bonds is 4. The molecule has 2 atom stereocenters. The average molecular weight is 407 g/mol. The van der Waals surface area contributed by atoms with Gasteiger partial charge in [0.25, 0.3) is 5.91 Å². The third-order valence-electron chi connectivity index (χ3n) is 6.36. The number of pyridine rings is 1. The fourth-order valence-electron chi connectivity index (χ4n) is 4.45. The summed E-state index contributed by atoms with van der Waals surface area (Å²) in [5, 5.41) is 2.93. The van der Waals surface area contributed by atoms with Crippen molar-refractivity contribution >= 4 is 11.9 Å². The summed E-state index contributed by atoms with van der Waals surface area (Å²) in [6, 6.07) is 11.8. The molecule has 1 N–H and O–H groups in total. The van der Waals surface area contributed by atoms with Gasteiger partial charge in [0.15, 0.2) is 0 Å². The van der Waals surface area contributed by atoms with E-state index >= 15 is 0 Å². The van der Waals surface area contributed by atoms with E-state index in [1.807, 2.05) is 36.5 Å². The highest BCUT2D eigenvalue weighted by atomic mass is 16.2. The molecule has 0 saturated carbocycles. The van der Waals surface area contributed by atoms with Crippen LogP contribution in [0.5, 0.6) is 0 Å². The molecule has 0 spiro atoms. The monoisotopic (exact) mass is 406 g/mol. The maximum atomic E-state index is 13.4. The van der Waals surface area contributed by atoms with E-state index in [0.717, 1.165) is 30.5 Å². The van der Waals surface area contributed by atoms with Crippen molar-refractivity contribution in [3.05, 3.63) is 65.5 Å². The molecule has 2 unspecified atom stereocenters. The normalized spacial score (nSPS) is 25.1. The number of urea groups is 1. The second-order valence-corrected chi connectivity index (χ2v) is 9.51. The lowest BCUT2D eigenvalue weighted by atomic mass is 9.84. The molecule has 6 nitrogen and oxygen atoms in total. The molecule has 2 aliphatic heterocycles. The number of nitrogens with zero attached hydrogens (tertiary/aromatic N) is 3. The molecule has 6 heteroatoms. The Labute approximate surface area is 178 Å². The first-order valence-electron chi connectivity index (χ1n) is 10.6. The van der Waals surface area contributed by atoms with E-state index in [1.54, 1.807) is 13.1 Å². The average Bonchev–Trinajstić information content (AvgIpc) is 3.27. The van der Waals surface area contributed by atoms with Gasteiger partial charge in [0.05, 0.1) is 6.67 Å². The number of hydrogen-bond donors (Lipinski definition) is 1. The molecule has 0 bridgehead atoms. The Morgan fingerprint density at radius 3 is 2.53 bits per heavy atom. The molecule has 2 aromatic rings. The zero-order valence-electron chi connectivity index (χ0n) is 18.2. The molecule has 0 radical (unpaired) electrons. The van der Waals surface area contributed by atoms with Crippen LogP contribution in [-0.2, 0) is 15.7 Å². The van der Waals surface area contributed by atoms with Gasteiger partial charge in [0.1, 0.15) is 5.54 Å². The van der Waals surface area contributed by atoms with Gasteiger partial charge in [-0.25, -0.2) is 9.69 Å². The van der Waals surface area contributed by atoms with Crippen LogP contribution < -0.4 is 5.32 Å². The van der Waals surface area contributed by atoms with E-state index in [1.165, 1.54) is 10.5 Å². The van der Waals surface area contributed by atoms with Gasteiger partial charge in [-0.3, -0.25) is 14.7 Å². The summed E-state index contributed by atoms with van der Waals surface area (Å²) in [7, 11) is 0. The summed E-state index contributed by atoms with van der Waals surface area (Å²) in [5.74, 6) is -0.201. The first-order chi connectivity index (χ1) is 14.2. The van der Waals surface area contributed by atoms with Crippen LogP contribution in [-0.4, -0.2) is 39.9 Å². The molecule has 0 aliphatic carbocycles. The fourth-order valence-corrected chi connectivity index (χ4v) is 4.45. The molecule has 158 valence electrons. The quantitative estimate of drug-likeness (QED) is 0.781. The predicted octanol–water partition coefficient (Wildman–Crippen LogP) is 3.94. The molecule has 3 heterocycles. The Balaban J connectivity index is 1.54. The summed E-state index contributed by atoms with van der Waals surface area (Å²) in [6.45, 7) is 9.41. The largest absolute Gasteiger partial charge is 0.326 e. The number of imide groups is 1. The van der Waals surface area contributed by atoms with E-state index < -0.39 is 5.54 Å².